The Bertz CT molecular complexity index is 717. The Morgan fingerprint density at radius 3 is 2.12 bits per heavy atom. The highest BCUT2D eigenvalue weighted by atomic mass is 16.5. The van der Waals surface area contributed by atoms with Gasteiger partial charge >= 0.3 is 0 Å². The summed E-state index contributed by atoms with van der Waals surface area (Å²) in [6.45, 7) is 2.48. The molecule has 5 heteroatoms. The van der Waals surface area contributed by atoms with E-state index in [1.54, 1.807) is 33.3 Å². The lowest BCUT2D eigenvalue weighted by molar-refractivity contribution is -0.129. The number of amides is 1. The summed E-state index contributed by atoms with van der Waals surface area (Å²) in [6.07, 6.45) is 0.383. The average Bonchev–Trinajstić information content (AvgIpc) is 2.62. The molecule has 0 aliphatic rings. The molecule has 2 aromatic carbocycles. The summed E-state index contributed by atoms with van der Waals surface area (Å²) in [7, 11) is 6.52. The molecule has 0 saturated carbocycles. The summed E-state index contributed by atoms with van der Waals surface area (Å²) in [6, 6.07) is 11.7. The summed E-state index contributed by atoms with van der Waals surface area (Å²) in [4.78, 5) is 14.2. The molecule has 0 fully saturated rings. The zero-order valence-corrected chi connectivity index (χ0v) is 15.5. The van der Waals surface area contributed by atoms with Gasteiger partial charge in [0.15, 0.2) is 11.5 Å². The number of carbonyl (C=O) groups excluding carboxylic acids is 1. The maximum Gasteiger partial charge on any atom is 0.227 e. The van der Waals surface area contributed by atoms with Crippen molar-refractivity contribution < 1.29 is 19.0 Å². The molecule has 0 atom stereocenters. The van der Waals surface area contributed by atoms with Gasteiger partial charge in [0.2, 0.25) is 11.7 Å². The van der Waals surface area contributed by atoms with Crippen LogP contribution in [-0.2, 0) is 17.8 Å². The molecule has 0 bridgehead atoms. The minimum Gasteiger partial charge on any atom is -0.493 e. The summed E-state index contributed by atoms with van der Waals surface area (Å²) < 4.78 is 16.1. The topological polar surface area (TPSA) is 48.0 Å². The van der Waals surface area contributed by atoms with Crippen LogP contribution in [0, 0.1) is 6.92 Å². The SMILES string of the molecule is COc1cc(CN(C)C(=O)Cc2ccccc2C)cc(OC)c1OC. The van der Waals surface area contributed by atoms with E-state index >= 15 is 0 Å². The number of carbonyl (C=O) groups is 1. The second-order valence-corrected chi connectivity index (χ2v) is 5.89. The number of methoxy groups -OCH3 is 3. The smallest absolute Gasteiger partial charge is 0.227 e. The summed E-state index contributed by atoms with van der Waals surface area (Å²) in [5.41, 5.74) is 3.08. The Labute approximate surface area is 149 Å². The summed E-state index contributed by atoms with van der Waals surface area (Å²) >= 11 is 0. The fourth-order valence-electron chi connectivity index (χ4n) is 2.70. The molecular weight excluding hydrogens is 318 g/mol. The van der Waals surface area contributed by atoms with Gasteiger partial charge in [-0.3, -0.25) is 4.79 Å². The molecule has 0 saturated heterocycles. The normalized spacial score (nSPS) is 10.3. The Kier molecular flexibility index (Phi) is 6.28. The Balaban J connectivity index is 2.15. The number of likely N-dealkylation sites (N-methyl/N-ethyl adjacent to an activating group) is 1. The van der Waals surface area contributed by atoms with Crippen LogP contribution in [0.2, 0.25) is 0 Å². The van der Waals surface area contributed by atoms with Crippen molar-refractivity contribution in [1.29, 1.82) is 0 Å². The van der Waals surface area contributed by atoms with Crippen LogP contribution in [0.15, 0.2) is 36.4 Å². The van der Waals surface area contributed by atoms with E-state index in [0.717, 1.165) is 16.7 Å². The molecule has 0 radical (unpaired) electrons. The highest BCUT2D eigenvalue weighted by Gasteiger charge is 2.16. The average molecular weight is 343 g/mol. The van der Waals surface area contributed by atoms with Crippen molar-refractivity contribution in [3.05, 3.63) is 53.1 Å². The predicted octanol–water partition coefficient (Wildman–Crippen LogP) is 3.22. The van der Waals surface area contributed by atoms with E-state index in [0.29, 0.717) is 30.2 Å². The lowest BCUT2D eigenvalue weighted by Gasteiger charge is -2.20. The first-order valence-electron chi connectivity index (χ1n) is 8.07. The number of nitrogens with zero attached hydrogens (tertiary/aromatic N) is 1. The van der Waals surface area contributed by atoms with Gasteiger partial charge < -0.3 is 19.1 Å². The Hall–Kier alpha value is -2.69. The third-order valence-electron chi connectivity index (χ3n) is 4.17. The third kappa shape index (κ3) is 4.44. The molecule has 0 heterocycles. The largest absolute Gasteiger partial charge is 0.493 e. The lowest BCUT2D eigenvalue weighted by atomic mass is 10.1. The lowest BCUT2D eigenvalue weighted by Crippen LogP contribution is -2.28. The molecule has 5 nitrogen and oxygen atoms in total. The van der Waals surface area contributed by atoms with Crippen molar-refractivity contribution >= 4 is 5.91 Å². The van der Waals surface area contributed by atoms with Crippen LogP contribution in [0.25, 0.3) is 0 Å². The van der Waals surface area contributed by atoms with Gasteiger partial charge in [0, 0.05) is 13.6 Å². The Morgan fingerprint density at radius 1 is 1.00 bits per heavy atom. The Morgan fingerprint density at radius 2 is 1.60 bits per heavy atom. The molecule has 0 aliphatic heterocycles. The van der Waals surface area contributed by atoms with E-state index in [1.165, 1.54) is 0 Å². The van der Waals surface area contributed by atoms with Crippen molar-refractivity contribution in [3.8, 4) is 17.2 Å². The van der Waals surface area contributed by atoms with Gasteiger partial charge in [-0.2, -0.15) is 0 Å². The van der Waals surface area contributed by atoms with E-state index < -0.39 is 0 Å². The van der Waals surface area contributed by atoms with Gasteiger partial charge in [0.05, 0.1) is 27.8 Å². The van der Waals surface area contributed by atoms with E-state index in [-0.39, 0.29) is 5.91 Å². The van der Waals surface area contributed by atoms with Crippen molar-refractivity contribution in [2.24, 2.45) is 0 Å². The minimum absolute atomic E-state index is 0.0584. The highest BCUT2D eigenvalue weighted by molar-refractivity contribution is 5.79. The van der Waals surface area contributed by atoms with Crippen molar-refractivity contribution in [3.63, 3.8) is 0 Å². The maximum absolute atomic E-state index is 12.5. The highest BCUT2D eigenvalue weighted by Crippen LogP contribution is 2.38. The quantitative estimate of drug-likeness (QED) is 0.774. The number of ether oxygens (including phenoxy) is 3. The van der Waals surface area contributed by atoms with Crippen molar-refractivity contribution in [2.45, 2.75) is 19.9 Å². The van der Waals surface area contributed by atoms with Gasteiger partial charge in [-0.1, -0.05) is 24.3 Å². The van der Waals surface area contributed by atoms with Crippen LogP contribution >= 0.6 is 0 Å². The van der Waals surface area contributed by atoms with Gasteiger partial charge in [-0.15, -0.1) is 0 Å². The number of rotatable bonds is 7. The molecule has 2 aromatic rings. The molecule has 2 rings (SSSR count). The van der Waals surface area contributed by atoms with Crippen LogP contribution in [-0.4, -0.2) is 39.2 Å². The van der Waals surface area contributed by atoms with Crippen molar-refractivity contribution in [2.75, 3.05) is 28.4 Å². The molecular formula is C20H25NO4. The van der Waals surface area contributed by atoms with Gasteiger partial charge in [-0.05, 0) is 35.7 Å². The van der Waals surface area contributed by atoms with E-state index in [1.807, 2.05) is 43.3 Å². The molecule has 25 heavy (non-hydrogen) atoms. The molecule has 0 spiro atoms. The van der Waals surface area contributed by atoms with Crippen molar-refractivity contribution in [1.82, 2.24) is 4.90 Å². The molecule has 0 aromatic heterocycles. The zero-order chi connectivity index (χ0) is 18.4. The first-order valence-corrected chi connectivity index (χ1v) is 8.07. The molecule has 0 unspecified atom stereocenters. The number of hydrogen-bond donors (Lipinski definition) is 0. The standard InChI is InChI=1S/C20H25NO4/c1-14-8-6-7-9-16(14)12-19(22)21(2)13-15-10-17(23-3)20(25-5)18(11-15)24-4/h6-11H,12-13H2,1-5H3. The first kappa shape index (κ1) is 18.6. The summed E-state index contributed by atoms with van der Waals surface area (Å²) in [5.74, 6) is 1.76. The van der Waals surface area contributed by atoms with E-state index in [9.17, 15) is 4.79 Å². The minimum atomic E-state index is 0.0584. The van der Waals surface area contributed by atoms with Crippen LogP contribution in [0.3, 0.4) is 0 Å². The first-order chi connectivity index (χ1) is 12.0. The maximum atomic E-state index is 12.5. The van der Waals surface area contributed by atoms with Gasteiger partial charge in [0.25, 0.3) is 0 Å². The molecule has 0 N–H and O–H groups in total. The van der Waals surface area contributed by atoms with Crippen LogP contribution in [0.5, 0.6) is 17.2 Å². The summed E-state index contributed by atoms with van der Waals surface area (Å²) in [5, 5.41) is 0. The van der Waals surface area contributed by atoms with Gasteiger partial charge in [0.1, 0.15) is 0 Å². The third-order valence-corrected chi connectivity index (χ3v) is 4.17. The van der Waals surface area contributed by atoms with E-state index in [2.05, 4.69) is 0 Å². The van der Waals surface area contributed by atoms with Gasteiger partial charge in [-0.25, -0.2) is 0 Å². The van der Waals surface area contributed by atoms with Crippen LogP contribution < -0.4 is 14.2 Å². The van der Waals surface area contributed by atoms with Crippen LogP contribution in [0.4, 0.5) is 0 Å². The van der Waals surface area contributed by atoms with Crippen LogP contribution in [0.1, 0.15) is 16.7 Å². The molecule has 134 valence electrons. The fraction of sp³-hybridized carbons (Fsp3) is 0.350. The second kappa shape index (κ2) is 8.42. The number of aryl methyl sites for hydroxylation is 1. The van der Waals surface area contributed by atoms with E-state index in [4.69, 9.17) is 14.2 Å². The molecule has 0 aliphatic carbocycles. The molecule has 1 amide bonds. The number of hydrogen-bond acceptors (Lipinski definition) is 4. The monoisotopic (exact) mass is 343 g/mol. The zero-order valence-electron chi connectivity index (χ0n) is 15.5. The second-order valence-electron chi connectivity index (χ2n) is 5.89. The number of benzene rings is 2. The predicted molar refractivity (Wildman–Crippen MR) is 97.5 cm³/mol. The fourth-order valence-corrected chi connectivity index (χ4v) is 2.70.